The summed E-state index contributed by atoms with van der Waals surface area (Å²) in [7, 11) is 1.34. The lowest BCUT2D eigenvalue weighted by Gasteiger charge is -2.05. The van der Waals surface area contributed by atoms with E-state index in [0.29, 0.717) is 52.3 Å². The van der Waals surface area contributed by atoms with Crippen molar-refractivity contribution in [3.63, 3.8) is 0 Å². The van der Waals surface area contributed by atoms with Gasteiger partial charge in [-0.2, -0.15) is 36.2 Å². The van der Waals surface area contributed by atoms with Gasteiger partial charge in [0, 0.05) is 58.0 Å². The Bertz CT molecular complexity index is 651. The minimum Gasteiger partial charge on any atom is -0.305 e. The molecule has 0 aromatic heterocycles. The molecule has 0 N–H and O–H groups in total. The predicted molar refractivity (Wildman–Crippen MR) is 147 cm³/mol. The topological polar surface area (TPSA) is 13.0 Å². The van der Waals surface area contributed by atoms with Crippen molar-refractivity contribution < 1.29 is 11.0 Å². The van der Waals surface area contributed by atoms with E-state index in [2.05, 4.69) is 35.9 Å². The van der Waals surface area contributed by atoms with E-state index in [1.807, 2.05) is 27.8 Å². The quantitative estimate of drug-likeness (QED) is 0.467. The molecule has 4 aliphatic heterocycles. The van der Waals surface area contributed by atoms with Crippen LogP contribution in [0, 0.1) is 0 Å². The largest absolute Gasteiger partial charge is 0.305 e. The first-order valence-electron chi connectivity index (χ1n) is 14.9. The Morgan fingerprint density at radius 1 is 0.900 bits per heavy atom. The summed E-state index contributed by atoms with van der Waals surface area (Å²) in [6.07, 6.45) is 10.8. The van der Waals surface area contributed by atoms with Gasteiger partial charge in [-0.25, -0.2) is 0 Å². The minimum absolute atomic E-state index is 0.199. The Morgan fingerprint density at radius 2 is 1.47 bits per heavy atom. The summed E-state index contributed by atoms with van der Waals surface area (Å²) in [6.45, 7) is 6.33. The van der Waals surface area contributed by atoms with Gasteiger partial charge < -0.3 is 9.80 Å². The van der Waals surface area contributed by atoms with Crippen molar-refractivity contribution in [3.8, 4) is 0 Å². The van der Waals surface area contributed by atoms with Gasteiger partial charge in [0.15, 0.2) is 0 Å². The van der Waals surface area contributed by atoms with Gasteiger partial charge in [0.1, 0.15) is 0 Å². The van der Waals surface area contributed by atoms with Gasteiger partial charge in [-0.3, -0.25) is 9.80 Å². The van der Waals surface area contributed by atoms with Gasteiger partial charge in [0.25, 0.3) is 0 Å². The van der Waals surface area contributed by atoms with E-state index in [9.17, 15) is 0 Å². The second kappa shape index (κ2) is 20.0. The van der Waals surface area contributed by atoms with Crippen molar-refractivity contribution in [1.29, 1.82) is 0 Å². The zero-order valence-corrected chi connectivity index (χ0v) is 21.6. The maximum Gasteiger partial charge on any atom is 0.0587 e. The normalized spacial score (nSPS) is 35.3. The summed E-state index contributed by atoms with van der Waals surface area (Å²) in [6, 6.07) is 0.726. The average Bonchev–Trinajstić information content (AvgIpc) is 3.75. The van der Waals surface area contributed by atoms with Crippen LogP contribution in [0.1, 0.15) is 23.8 Å². The molecule has 3 atom stereocenters. The molecule has 0 aromatic carbocycles. The van der Waals surface area contributed by atoms with Crippen LogP contribution in [0.4, 0.5) is 0 Å². The van der Waals surface area contributed by atoms with Crippen LogP contribution < -0.4 is 0 Å². The molecule has 3 unspecified atom stereocenters. The highest BCUT2D eigenvalue weighted by molar-refractivity contribution is 7.99. The van der Waals surface area contributed by atoms with E-state index in [4.69, 9.17) is 11.0 Å². The molecule has 0 bridgehead atoms. The summed E-state index contributed by atoms with van der Waals surface area (Å²) < 4.78 is 57.7. The Labute approximate surface area is 213 Å². The molecule has 0 aliphatic carbocycles. The minimum atomic E-state index is -0.693. The molecule has 0 saturated carbocycles. The summed E-state index contributed by atoms with van der Waals surface area (Å²) in [4.78, 5) is 7.80. The number of thioether (sulfide) groups is 2. The lowest BCUT2D eigenvalue weighted by molar-refractivity contribution is 0.419. The molecular weight excluding hydrogens is 428 g/mol. The van der Waals surface area contributed by atoms with Gasteiger partial charge in [-0.05, 0) is 72.8 Å². The molecule has 0 spiro atoms. The molecule has 2 fully saturated rings. The first-order valence-corrected chi connectivity index (χ1v) is 13.4. The SMILES string of the molecule is CS.[2H]C1=C([2H])CN(C[3H])C1.[2H]C1CN(C[3H])CC1([2H])SC.[3H]CN1CC=CC1.[3H]CN1CCC(SC)C1. The molecule has 4 rings (SSSR count). The maximum absolute atomic E-state index is 7.82. The van der Waals surface area contributed by atoms with E-state index in [-0.39, 0.29) is 20.4 Å². The van der Waals surface area contributed by atoms with Crippen LogP contribution in [0.2, 0.25) is 0 Å². The summed E-state index contributed by atoms with van der Waals surface area (Å²) >= 11 is 6.87. The first-order chi connectivity index (χ1) is 18.2. The number of likely N-dealkylation sites (N-methyl/N-ethyl adjacent to an activating group) is 2. The molecule has 7 heteroatoms. The molecule has 4 heterocycles. The lowest BCUT2D eigenvalue weighted by Crippen LogP contribution is -2.14. The number of hydrogen-bond donors (Lipinski definition) is 1. The van der Waals surface area contributed by atoms with E-state index in [1.165, 1.54) is 18.2 Å². The van der Waals surface area contributed by atoms with Crippen LogP contribution in [0.3, 0.4) is 0 Å². The summed E-state index contributed by atoms with van der Waals surface area (Å²) in [5.74, 6) is 0. The third-order valence-electron chi connectivity index (χ3n) is 4.41. The smallest absolute Gasteiger partial charge is 0.0587 e. The molecule has 30 heavy (non-hydrogen) atoms. The fourth-order valence-corrected chi connectivity index (χ4v) is 3.88. The van der Waals surface area contributed by atoms with Crippen molar-refractivity contribution in [2.75, 3.05) is 99.2 Å². The predicted octanol–water partition coefficient (Wildman–Crippen LogP) is 3.63. The van der Waals surface area contributed by atoms with Crippen molar-refractivity contribution in [3.05, 3.63) is 24.3 Å². The van der Waals surface area contributed by atoms with Crippen LogP contribution >= 0.6 is 36.2 Å². The fourth-order valence-electron chi connectivity index (χ4n) is 2.63. The lowest BCUT2D eigenvalue weighted by atomic mass is 10.4. The highest BCUT2D eigenvalue weighted by atomic mass is 32.2. The summed E-state index contributed by atoms with van der Waals surface area (Å²) in [5, 5.41) is 0.108. The molecule has 0 amide bonds. The fraction of sp³-hybridized carbons (Fsp3) is 0.826. The maximum atomic E-state index is 7.82. The van der Waals surface area contributed by atoms with Crippen molar-refractivity contribution in [2.45, 2.75) is 23.3 Å². The zero-order chi connectivity index (χ0) is 29.1. The molecular formula is C23H48N4S3. The van der Waals surface area contributed by atoms with Gasteiger partial charge in [0.2, 0.25) is 0 Å². The van der Waals surface area contributed by atoms with Crippen LogP contribution in [0.15, 0.2) is 24.3 Å². The third-order valence-corrected chi connectivity index (χ3v) is 6.28. The summed E-state index contributed by atoms with van der Waals surface area (Å²) in [5.41, 5.74) is 0. The van der Waals surface area contributed by atoms with E-state index < -0.39 is 5.23 Å². The van der Waals surface area contributed by atoms with Gasteiger partial charge in [-0.1, -0.05) is 24.3 Å². The number of rotatable bonds is 2. The van der Waals surface area contributed by atoms with Crippen molar-refractivity contribution in [2.24, 2.45) is 0 Å². The second-order valence-corrected chi connectivity index (χ2v) is 9.03. The Hall–Kier alpha value is 0.370. The Kier molecular flexibility index (Phi) is 12.5. The van der Waals surface area contributed by atoms with E-state index in [1.54, 1.807) is 11.2 Å². The van der Waals surface area contributed by atoms with Gasteiger partial charge in [-0.15, -0.1) is 0 Å². The van der Waals surface area contributed by atoms with E-state index in [0.717, 1.165) is 31.4 Å². The molecule has 0 aromatic rings. The Morgan fingerprint density at radius 3 is 1.80 bits per heavy atom. The second-order valence-electron chi connectivity index (χ2n) is 6.96. The van der Waals surface area contributed by atoms with Crippen LogP contribution in [-0.2, 0) is 0 Å². The van der Waals surface area contributed by atoms with Gasteiger partial charge in [0.05, 0.1) is 2.74 Å². The van der Waals surface area contributed by atoms with Crippen molar-refractivity contribution >= 4 is 36.2 Å². The number of hydrogen-bond acceptors (Lipinski definition) is 7. The highest BCUT2D eigenvalue weighted by Gasteiger charge is 2.17. The van der Waals surface area contributed by atoms with Crippen LogP contribution in [0.25, 0.3) is 0 Å². The van der Waals surface area contributed by atoms with E-state index >= 15 is 0 Å². The molecule has 2 saturated heterocycles. The zero-order valence-electron chi connectivity index (χ0n) is 27.1. The first kappa shape index (κ1) is 18.8. The molecule has 178 valence electrons. The van der Waals surface area contributed by atoms with Gasteiger partial charge >= 0.3 is 0 Å². The average molecular weight is 489 g/mol. The standard InChI is InChI=1S/2C6H13NS.2C5H9N.CH4S/c2*1-7-4-3-6(5-7)8-2;2*1-6-4-2-3-5-6;1-2/h2*6H,3-5H2,1-2H3;2*2-3H,4-5H2,1H3;2H,1H3/i1T,3D,6D;1T;1T,2D,3D;1T;. The molecule has 0 radical (unpaired) electrons. The van der Waals surface area contributed by atoms with Crippen LogP contribution in [-0.4, -0.2) is 129 Å². The van der Waals surface area contributed by atoms with Crippen molar-refractivity contribution in [1.82, 2.24) is 19.6 Å². The molecule has 4 nitrogen and oxygen atoms in total. The number of thiol groups is 1. The number of likely N-dealkylation sites (tertiary alicyclic amines) is 2. The third kappa shape index (κ3) is 16.1. The monoisotopic (exact) mass is 488 g/mol. The molecule has 4 aliphatic rings. The van der Waals surface area contributed by atoms with Crippen LogP contribution in [0.5, 0.6) is 0 Å². The number of nitrogens with zero attached hydrogens (tertiary/aromatic N) is 4. The highest BCUT2D eigenvalue weighted by Crippen LogP contribution is 2.18. The Balaban J connectivity index is 0.000000474.